The van der Waals surface area contributed by atoms with Crippen LogP contribution >= 0.6 is 11.8 Å². The molecular formula is C19H16FNO4S. The predicted molar refractivity (Wildman–Crippen MR) is 97.5 cm³/mol. The van der Waals surface area contributed by atoms with Crippen molar-refractivity contribution in [2.75, 3.05) is 14.2 Å². The lowest BCUT2D eigenvalue weighted by atomic mass is 10.1. The molecule has 0 saturated carbocycles. The first-order valence-electron chi connectivity index (χ1n) is 7.73. The topological polar surface area (TPSA) is 55.8 Å². The molecule has 3 rings (SSSR count). The van der Waals surface area contributed by atoms with Gasteiger partial charge in [-0.25, -0.2) is 4.39 Å². The quantitative estimate of drug-likeness (QED) is 0.739. The Bertz CT molecular complexity index is 857. The number of amides is 2. The lowest BCUT2D eigenvalue weighted by Crippen LogP contribution is -2.27. The van der Waals surface area contributed by atoms with Gasteiger partial charge < -0.3 is 9.47 Å². The van der Waals surface area contributed by atoms with Crippen molar-refractivity contribution in [1.29, 1.82) is 0 Å². The van der Waals surface area contributed by atoms with Crippen LogP contribution in [0.25, 0.3) is 6.08 Å². The van der Waals surface area contributed by atoms with Gasteiger partial charge in [-0.3, -0.25) is 14.5 Å². The molecule has 2 amide bonds. The largest absolute Gasteiger partial charge is 0.497 e. The molecule has 2 aromatic carbocycles. The first-order valence-corrected chi connectivity index (χ1v) is 8.54. The molecule has 0 unspecified atom stereocenters. The van der Waals surface area contributed by atoms with Gasteiger partial charge in [-0.2, -0.15) is 0 Å². The van der Waals surface area contributed by atoms with Gasteiger partial charge in [0.05, 0.1) is 25.7 Å². The number of hydrogen-bond donors (Lipinski definition) is 0. The Morgan fingerprint density at radius 3 is 2.23 bits per heavy atom. The molecule has 1 aliphatic heterocycles. The highest BCUT2D eigenvalue weighted by atomic mass is 32.2. The normalized spacial score (nSPS) is 15.7. The number of ether oxygens (including phenoxy) is 2. The second-order valence-electron chi connectivity index (χ2n) is 5.54. The maximum Gasteiger partial charge on any atom is 0.293 e. The summed E-state index contributed by atoms with van der Waals surface area (Å²) in [4.78, 5) is 26.2. The van der Waals surface area contributed by atoms with E-state index in [1.807, 2.05) is 0 Å². The van der Waals surface area contributed by atoms with E-state index in [1.54, 1.807) is 36.4 Å². The van der Waals surface area contributed by atoms with Crippen LogP contribution in [0.4, 0.5) is 9.18 Å². The van der Waals surface area contributed by atoms with E-state index in [0.29, 0.717) is 27.5 Å². The average Bonchev–Trinajstić information content (AvgIpc) is 2.90. The summed E-state index contributed by atoms with van der Waals surface area (Å²) in [6, 6.07) is 10.9. The number of rotatable bonds is 5. The van der Waals surface area contributed by atoms with E-state index in [4.69, 9.17) is 9.47 Å². The molecule has 0 spiro atoms. The van der Waals surface area contributed by atoms with Crippen molar-refractivity contribution in [3.63, 3.8) is 0 Å². The van der Waals surface area contributed by atoms with Gasteiger partial charge >= 0.3 is 0 Å². The summed E-state index contributed by atoms with van der Waals surface area (Å²) in [5.74, 6) is 0.420. The Kier molecular flexibility index (Phi) is 5.27. The molecular weight excluding hydrogens is 357 g/mol. The van der Waals surface area contributed by atoms with Gasteiger partial charge in [0.2, 0.25) is 0 Å². The van der Waals surface area contributed by atoms with Gasteiger partial charge in [-0.1, -0.05) is 12.1 Å². The molecule has 0 bridgehead atoms. The molecule has 0 aromatic heterocycles. The standard InChI is InChI=1S/C19H16FNO4S/c1-24-15-7-13(8-16(10-15)25-2)9-17-18(22)21(19(23)26-17)11-12-3-5-14(20)6-4-12/h3-10H,11H2,1-2H3/b17-9+. The van der Waals surface area contributed by atoms with E-state index in [2.05, 4.69) is 0 Å². The third-order valence-corrected chi connectivity index (χ3v) is 4.71. The van der Waals surface area contributed by atoms with Crippen LogP contribution in [0, 0.1) is 5.82 Å². The van der Waals surface area contributed by atoms with Gasteiger partial charge in [0.1, 0.15) is 17.3 Å². The lowest BCUT2D eigenvalue weighted by molar-refractivity contribution is -0.123. The first kappa shape index (κ1) is 18.0. The zero-order chi connectivity index (χ0) is 18.7. The van der Waals surface area contributed by atoms with Crippen molar-refractivity contribution in [3.05, 3.63) is 64.3 Å². The van der Waals surface area contributed by atoms with Crippen molar-refractivity contribution >= 4 is 29.0 Å². The van der Waals surface area contributed by atoms with E-state index >= 15 is 0 Å². The number of methoxy groups -OCH3 is 2. The lowest BCUT2D eigenvalue weighted by Gasteiger charge is -2.12. The van der Waals surface area contributed by atoms with Crippen LogP contribution in [0.5, 0.6) is 11.5 Å². The van der Waals surface area contributed by atoms with Gasteiger partial charge in [-0.15, -0.1) is 0 Å². The zero-order valence-electron chi connectivity index (χ0n) is 14.2. The molecule has 7 heteroatoms. The maximum atomic E-state index is 13.0. The number of carbonyl (C=O) groups is 2. The van der Waals surface area contributed by atoms with Crippen molar-refractivity contribution in [1.82, 2.24) is 4.90 Å². The summed E-state index contributed by atoms with van der Waals surface area (Å²) < 4.78 is 23.4. The fraction of sp³-hybridized carbons (Fsp3) is 0.158. The number of halogens is 1. The summed E-state index contributed by atoms with van der Waals surface area (Å²) in [7, 11) is 3.07. The summed E-state index contributed by atoms with van der Waals surface area (Å²) in [6.45, 7) is 0.101. The molecule has 0 atom stereocenters. The van der Waals surface area contributed by atoms with Crippen molar-refractivity contribution in [2.45, 2.75) is 6.54 Å². The Balaban J connectivity index is 1.84. The highest BCUT2D eigenvalue weighted by molar-refractivity contribution is 8.18. The minimum atomic E-state index is -0.383. The van der Waals surface area contributed by atoms with Crippen LogP contribution in [0.15, 0.2) is 47.4 Å². The number of carbonyl (C=O) groups excluding carboxylic acids is 2. The summed E-state index contributed by atoms with van der Waals surface area (Å²) >= 11 is 0.869. The molecule has 134 valence electrons. The third-order valence-electron chi connectivity index (χ3n) is 3.80. The molecule has 1 fully saturated rings. The summed E-state index contributed by atoms with van der Waals surface area (Å²) in [5.41, 5.74) is 1.37. The minimum absolute atomic E-state index is 0.101. The van der Waals surface area contributed by atoms with Crippen LogP contribution in [0.2, 0.25) is 0 Å². The van der Waals surface area contributed by atoms with Crippen LogP contribution in [-0.2, 0) is 11.3 Å². The zero-order valence-corrected chi connectivity index (χ0v) is 15.0. The van der Waals surface area contributed by atoms with Crippen LogP contribution < -0.4 is 9.47 Å². The molecule has 0 N–H and O–H groups in total. The number of nitrogens with zero attached hydrogens (tertiary/aromatic N) is 1. The highest BCUT2D eigenvalue weighted by Gasteiger charge is 2.35. The second-order valence-corrected chi connectivity index (χ2v) is 6.53. The van der Waals surface area contributed by atoms with Gasteiger partial charge in [0.25, 0.3) is 11.1 Å². The number of hydrogen-bond acceptors (Lipinski definition) is 5. The van der Waals surface area contributed by atoms with Gasteiger partial charge in [0, 0.05) is 6.07 Å². The van der Waals surface area contributed by atoms with Crippen molar-refractivity contribution in [3.8, 4) is 11.5 Å². The Hall–Kier alpha value is -2.80. The van der Waals surface area contributed by atoms with Crippen LogP contribution in [0.1, 0.15) is 11.1 Å². The fourth-order valence-electron chi connectivity index (χ4n) is 2.47. The summed E-state index contributed by atoms with van der Waals surface area (Å²) in [6.07, 6.45) is 1.63. The maximum absolute atomic E-state index is 13.0. The molecule has 2 aromatic rings. The molecule has 0 radical (unpaired) electrons. The summed E-state index contributed by atoms with van der Waals surface area (Å²) in [5, 5.41) is -0.361. The van der Waals surface area contributed by atoms with Crippen molar-refractivity contribution < 1.29 is 23.5 Å². The molecule has 26 heavy (non-hydrogen) atoms. The van der Waals surface area contributed by atoms with E-state index in [-0.39, 0.29) is 23.5 Å². The van der Waals surface area contributed by atoms with Crippen LogP contribution in [0.3, 0.4) is 0 Å². The van der Waals surface area contributed by atoms with Crippen molar-refractivity contribution in [2.24, 2.45) is 0 Å². The Morgan fingerprint density at radius 2 is 1.65 bits per heavy atom. The molecule has 1 heterocycles. The number of thioether (sulfide) groups is 1. The Morgan fingerprint density at radius 1 is 1.04 bits per heavy atom. The fourth-order valence-corrected chi connectivity index (χ4v) is 3.31. The first-order chi connectivity index (χ1) is 12.5. The van der Waals surface area contributed by atoms with E-state index in [1.165, 1.54) is 26.4 Å². The number of benzene rings is 2. The van der Waals surface area contributed by atoms with E-state index in [0.717, 1.165) is 16.7 Å². The molecule has 1 aliphatic rings. The smallest absolute Gasteiger partial charge is 0.293 e. The molecule has 0 aliphatic carbocycles. The second kappa shape index (κ2) is 7.61. The predicted octanol–water partition coefficient (Wildman–Crippen LogP) is 4.08. The molecule has 1 saturated heterocycles. The molecule has 5 nitrogen and oxygen atoms in total. The van der Waals surface area contributed by atoms with Gasteiger partial charge in [0.15, 0.2) is 0 Å². The SMILES string of the molecule is COc1cc(/C=C2/SC(=O)N(Cc3ccc(F)cc3)C2=O)cc(OC)c1. The monoisotopic (exact) mass is 373 g/mol. The van der Waals surface area contributed by atoms with Gasteiger partial charge in [-0.05, 0) is 53.2 Å². The average molecular weight is 373 g/mol. The Labute approximate surface area is 154 Å². The van der Waals surface area contributed by atoms with Crippen LogP contribution in [-0.4, -0.2) is 30.3 Å². The highest BCUT2D eigenvalue weighted by Crippen LogP contribution is 2.34. The van der Waals surface area contributed by atoms with E-state index < -0.39 is 0 Å². The van der Waals surface area contributed by atoms with E-state index in [9.17, 15) is 14.0 Å². The number of imide groups is 1. The minimum Gasteiger partial charge on any atom is -0.497 e. The third kappa shape index (κ3) is 3.88.